The van der Waals surface area contributed by atoms with Gasteiger partial charge in [-0.1, -0.05) is 32.0 Å². The molecular weight excluding hydrogens is 187 g/mol. The van der Waals surface area contributed by atoms with Crippen LogP contribution in [0.15, 0.2) is 18.2 Å². The quantitative estimate of drug-likeness (QED) is 0.539. The molecule has 0 atom stereocenters. The summed E-state index contributed by atoms with van der Waals surface area (Å²) in [7, 11) is 0. The van der Waals surface area contributed by atoms with Gasteiger partial charge in [-0.15, -0.1) is 0 Å². The molecule has 3 heteroatoms. The normalized spacial score (nSPS) is 9.29. The molecule has 1 aromatic rings. The van der Waals surface area contributed by atoms with E-state index >= 15 is 0 Å². The van der Waals surface area contributed by atoms with Crippen molar-refractivity contribution in [1.29, 1.82) is 0 Å². The van der Waals surface area contributed by atoms with Gasteiger partial charge in [0.2, 0.25) is 0 Å². The van der Waals surface area contributed by atoms with E-state index in [0.717, 1.165) is 18.4 Å². The minimum atomic E-state index is -1.08. The van der Waals surface area contributed by atoms with E-state index in [1.165, 1.54) is 5.56 Å². The molecule has 0 saturated heterocycles. The number of carbonyl (C=O) groups excluding carboxylic acids is 1. The molecule has 1 aromatic carbocycles. The standard InChI is InChI=1S/C11H14O2.Na/c1-3-8-5-6-10(11(12)13)9(4-2)7-8;/h5-7H,3-4H2,1-2H3,(H,12,13);/q;+1/p-1. The van der Waals surface area contributed by atoms with Crippen molar-refractivity contribution >= 4 is 5.97 Å². The van der Waals surface area contributed by atoms with Gasteiger partial charge in [0.25, 0.3) is 0 Å². The molecule has 70 valence electrons. The Morgan fingerprint density at radius 3 is 2.36 bits per heavy atom. The van der Waals surface area contributed by atoms with E-state index in [9.17, 15) is 9.90 Å². The molecule has 14 heavy (non-hydrogen) atoms. The van der Waals surface area contributed by atoms with Gasteiger partial charge in [-0.2, -0.15) is 0 Å². The zero-order valence-electron chi connectivity index (χ0n) is 8.96. The second-order valence-electron chi connectivity index (χ2n) is 2.99. The van der Waals surface area contributed by atoms with Crippen LogP contribution in [0.3, 0.4) is 0 Å². The van der Waals surface area contributed by atoms with E-state index in [1.807, 2.05) is 26.0 Å². The molecule has 1 rings (SSSR count). The third-order valence-corrected chi connectivity index (χ3v) is 2.18. The van der Waals surface area contributed by atoms with E-state index in [2.05, 4.69) is 0 Å². The summed E-state index contributed by atoms with van der Waals surface area (Å²) >= 11 is 0. The van der Waals surface area contributed by atoms with E-state index in [4.69, 9.17) is 0 Å². The van der Waals surface area contributed by atoms with Crippen molar-refractivity contribution in [3.63, 3.8) is 0 Å². The largest absolute Gasteiger partial charge is 1.00 e. The Balaban J connectivity index is 0.00000169. The molecule has 0 unspecified atom stereocenters. The Kier molecular flexibility index (Phi) is 6.09. The van der Waals surface area contributed by atoms with Crippen LogP contribution in [0.5, 0.6) is 0 Å². The van der Waals surface area contributed by atoms with Crippen LogP contribution in [-0.4, -0.2) is 5.97 Å². The van der Waals surface area contributed by atoms with Crippen molar-refractivity contribution in [2.75, 3.05) is 0 Å². The van der Waals surface area contributed by atoms with E-state index < -0.39 is 5.97 Å². The van der Waals surface area contributed by atoms with Crippen molar-refractivity contribution < 1.29 is 39.5 Å². The minimum absolute atomic E-state index is 0. The Morgan fingerprint density at radius 1 is 1.29 bits per heavy atom. The van der Waals surface area contributed by atoms with Crippen LogP contribution in [-0.2, 0) is 12.8 Å². The van der Waals surface area contributed by atoms with Crippen molar-refractivity contribution in [3.05, 3.63) is 34.9 Å². The minimum Gasteiger partial charge on any atom is -0.545 e. The van der Waals surface area contributed by atoms with Crippen molar-refractivity contribution in [2.45, 2.75) is 26.7 Å². The monoisotopic (exact) mass is 200 g/mol. The average Bonchev–Trinajstić information content (AvgIpc) is 2.16. The molecule has 0 heterocycles. The molecule has 0 N–H and O–H groups in total. The fourth-order valence-corrected chi connectivity index (χ4v) is 1.36. The van der Waals surface area contributed by atoms with E-state index in [1.54, 1.807) is 6.07 Å². The summed E-state index contributed by atoms with van der Waals surface area (Å²) in [6, 6.07) is 5.41. The van der Waals surface area contributed by atoms with Gasteiger partial charge < -0.3 is 9.90 Å². The predicted molar refractivity (Wildman–Crippen MR) is 49.5 cm³/mol. The Morgan fingerprint density at radius 2 is 1.93 bits per heavy atom. The molecule has 0 saturated carbocycles. The number of hydrogen-bond acceptors (Lipinski definition) is 2. The van der Waals surface area contributed by atoms with Gasteiger partial charge in [0.05, 0.1) is 5.97 Å². The third kappa shape index (κ3) is 3.12. The van der Waals surface area contributed by atoms with Gasteiger partial charge in [0.1, 0.15) is 0 Å². The number of benzene rings is 1. The Labute approximate surface area is 107 Å². The Bertz CT molecular complexity index is 321. The number of hydrogen-bond donors (Lipinski definition) is 0. The second kappa shape index (κ2) is 6.23. The van der Waals surface area contributed by atoms with Crippen LogP contribution in [0.25, 0.3) is 0 Å². The predicted octanol–water partition coefficient (Wildman–Crippen LogP) is -1.82. The molecule has 0 bridgehead atoms. The molecule has 0 spiro atoms. The smallest absolute Gasteiger partial charge is 0.545 e. The number of rotatable bonds is 3. The van der Waals surface area contributed by atoms with Crippen LogP contribution >= 0.6 is 0 Å². The van der Waals surface area contributed by atoms with Crippen molar-refractivity contribution in [1.82, 2.24) is 0 Å². The van der Waals surface area contributed by atoms with Gasteiger partial charge in [0, 0.05) is 5.56 Å². The maximum atomic E-state index is 10.7. The molecular formula is C11H13NaO2. The summed E-state index contributed by atoms with van der Waals surface area (Å²) in [5.74, 6) is -1.08. The van der Waals surface area contributed by atoms with Crippen molar-refractivity contribution in [2.24, 2.45) is 0 Å². The summed E-state index contributed by atoms with van der Waals surface area (Å²) in [6.07, 6.45) is 1.66. The van der Waals surface area contributed by atoms with Gasteiger partial charge in [-0.3, -0.25) is 0 Å². The first-order valence-electron chi connectivity index (χ1n) is 4.52. The van der Waals surface area contributed by atoms with E-state index in [-0.39, 0.29) is 29.6 Å². The zero-order valence-corrected chi connectivity index (χ0v) is 11.0. The molecule has 2 nitrogen and oxygen atoms in total. The van der Waals surface area contributed by atoms with Gasteiger partial charge in [0.15, 0.2) is 0 Å². The summed E-state index contributed by atoms with van der Waals surface area (Å²) in [6.45, 7) is 3.99. The molecule has 0 aliphatic rings. The van der Waals surface area contributed by atoms with Gasteiger partial charge >= 0.3 is 29.6 Å². The maximum absolute atomic E-state index is 10.7. The summed E-state index contributed by atoms with van der Waals surface area (Å²) in [5, 5.41) is 10.7. The summed E-state index contributed by atoms with van der Waals surface area (Å²) < 4.78 is 0. The summed E-state index contributed by atoms with van der Waals surface area (Å²) in [5.41, 5.74) is 2.35. The number of aryl methyl sites for hydroxylation is 2. The van der Waals surface area contributed by atoms with Gasteiger partial charge in [-0.25, -0.2) is 0 Å². The molecule has 0 aliphatic heterocycles. The molecule has 0 amide bonds. The fourth-order valence-electron chi connectivity index (χ4n) is 1.36. The van der Waals surface area contributed by atoms with Crippen LogP contribution in [0.2, 0.25) is 0 Å². The van der Waals surface area contributed by atoms with Gasteiger partial charge in [-0.05, 0) is 24.0 Å². The number of aromatic carboxylic acids is 1. The average molecular weight is 200 g/mol. The van der Waals surface area contributed by atoms with Crippen molar-refractivity contribution in [3.8, 4) is 0 Å². The van der Waals surface area contributed by atoms with Crippen LogP contribution in [0, 0.1) is 0 Å². The SMILES string of the molecule is CCc1ccc(C(=O)[O-])c(CC)c1.[Na+]. The first-order chi connectivity index (χ1) is 6.19. The number of carboxylic acids is 1. The van der Waals surface area contributed by atoms with Crippen LogP contribution < -0.4 is 34.7 Å². The number of carbonyl (C=O) groups is 1. The summed E-state index contributed by atoms with van der Waals surface area (Å²) in [4.78, 5) is 10.7. The second-order valence-corrected chi connectivity index (χ2v) is 2.99. The topological polar surface area (TPSA) is 40.1 Å². The fraction of sp³-hybridized carbons (Fsp3) is 0.364. The first kappa shape index (κ1) is 13.7. The molecule has 0 radical (unpaired) electrons. The molecule has 0 aliphatic carbocycles. The number of carboxylic acid groups (broad SMARTS) is 1. The van der Waals surface area contributed by atoms with E-state index in [0.29, 0.717) is 5.56 Å². The maximum Gasteiger partial charge on any atom is 1.00 e. The molecule has 0 aromatic heterocycles. The molecule has 0 fully saturated rings. The Hall–Kier alpha value is -0.310. The van der Waals surface area contributed by atoms with Crippen LogP contribution in [0.1, 0.15) is 35.3 Å². The zero-order chi connectivity index (χ0) is 9.84. The third-order valence-electron chi connectivity index (χ3n) is 2.18. The first-order valence-corrected chi connectivity index (χ1v) is 4.52. The van der Waals surface area contributed by atoms with Crippen LogP contribution in [0.4, 0.5) is 0 Å².